The van der Waals surface area contributed by atoms with Crippen LogP contribution >= 0.6 is 27.5 Å². The Morgan fingerprint density at radius 3 is 3.06 bits per heavy atom. The first kappa shape index (κ1) is 13.2. The zero-order valence-corrected chi connectivity index (χ0v) is 12.1. The van der Waals surface area contributed by atoms with Crippen LogP contribution in [0.1, 0.15) is 0 Å². The fraction of sp³-hybridized carbons (Fsp3) is 0.154. The van der Waals surface area contributed by atoms with Crippen LogP contribution in [0.2, 0.25) is 5.02 Å². The molecule has 1 aromatic rings. The van der Waals surface area contributed by atoms with Crippen LogP contribution in [-0.2, 0) is 4.74 Å². The van der Waals surface area contributed by atoms with E-state index in [4.69, 9.17) is 16.3 Å². The summed E-state index contributed by atoms with van der Waals surface area (Å²) in [7, 11) is 1.73. The molecule has 0 saturated carbocycles. The fourth-order valence-electron chi connectivity index (χ4n) is 1.51. The molecular weight excluding hydrogens is 316 g/mol. The second kappa shape index (κ2) is 6.07. The maximum Gasteiger partial charge on any atom is 0.115 e. The van der Waals surface area contributed by atoms with Gasteiger partial charge in [0.1, 0.15) is 12.9 Å². The molecule has 0 aromatic heterocycles. The Bertz CT molecular complexity index is 538. The molecule has 0 spiro atoms. The maximum absolute atomic E-state index is 6.05. The number of allylic oxidation sites excluding steroid dienone is 1. The standard InChI is InChI=1S/C13H12BrClN2O/c1-16-5-4-9-7-18-8-13(9)17-10-2-3-11(14)12(15)6-10/h2-6,8,17H,7H2,1H3/b9-4+,16-5?. The highest BCUT2D eigenvalue weighted by Crippen LogP contribution is 2.28. The first-order chi connectivity index (χ1) is 8.70. The van der Waals surface area contributed by atoms with Gasteiger partial charge in [-0.1, -0.05) is 11.6 Å². The third-order valence-corrected chi connectivity index (χ3v) is 3.64. The summed E-state index contributed by atoms with van der Waals surface area (Å²) in [4.78, 5) is 3.93. The van der Waals surface area contributed by atoms with Crippen LogP contribution in [-0.4, -0.2) is 19.9 Å². The van der Waals surface area contributed by atoms with Gasteiger partial charge in [0.15, 0.2) is 0 Å². The third kappa shape index (κ3) is 3.15. The average molecular weight is 328 g/mol. The van der Waals surface area contributed by atoms with E-state index < -0.39 is 0 Å². The topological polar surface area (TPSA) is 33.6 Å². The summed E-state index contributed by atoms with van der Waals surface area (Å²) < 4.78 is 6.17. The van der Waals surface area contributed by atoms with Crippen LogP contribution in [0, 0.1) is 0 Å². The van der Waals surface area contributed by atoms with Crippen LogP contribution in [0.25, 0.3) is 0 Å². The molecule has 1 heterocycles. The lowest BCUT2D eigenvalue weighted by Gasteiger charge is -2.08. The van der Waals surface area contributed by atoms with Gasteiger partial charge in [0.2, 0.25) is 0 Å². The molecule has 0 fully saturated rings. The summed E-state index contributed by atoms with van der Waals surface area (Å²) in [5, 5.41) is 3.94. The van der Waals surface area contributed by atoms with Crippen molar-refractivity contribution in [3.63, 3.8) is 0 Å². The summed E-state index contributed by atoms with van der Waals surface area (Å²) in [5.41, 5.74) is 2.90. The molecule has 18 heavy (non-hydrogen) atoms. The van der Waals surface area contributed by atoms with Crippen molar-refractivity contribution in [1.82, 2.24) is 0 Å². The molecule has 0 bridgehead atoms. The van der Waals surface area contributed by atoms with E-state index in [9.17, 15) is 0 Å². The van der Waals surface area contributed by atoms with Crippen molar-refractivity contribution in [3.05, 3.63) is 51.3 Å². The van der Waals surface area contributed by atoms with Gasteiger partial charge in [-0.15, -0.1) is 0 Å². The van der Waals surface area contributed by atoms with E-state index in [0.717, 1.165) is 21.4 Å². The monoisotopic (exact) mass is 326 g/mol. The van der Waals surface area contributed by atoms with Gasteiger partial charge in [0.25, 0.3) is 0 Å². The Morgan fingerprint density at radius 2 is 2.33 bits per heavy atom. The smallest absolute Gasteiger partial charge is 0.115 e. The molecule has 0 radical (unpaired) electrons. The largest absolute Gasteiger partial charge is 0.494 e. The average Bonchev–Trinajstić information content (AvgIpc) is 2.79. The minimum absolute atomic E-state index is 0.554. The van der Waals surface area contributed by atoms with E-state index in [-0.39, 0.29) is 0 Å². The van der Waals surface area contributed by atoms with E-state index in [1.165, 1.54) is 0 Å². The molecule has 1 aliphatic heterocycles. The van der Waals surface area contributed by atoms with Gasteiger partial charge < -0.3 is 10.1 Å². The molecule has 0 atom stereocenters. The van der Waals surface area contributed by atoms with Crippen LogP contribution in [0.3, 0.4) is 0 Å². The summed E-state index contributed by atoms with van der Waals surface area (Å²) >= 11 is 9.41. The number of nitrogens with zero attached hydrogens (tertiary/aromatic N) is 1. The molecular formula is C13H12BrClN2O. The predicted octanol–water partition coefficient (Wildman–Crippen LogP) is 4.01. The Hall–Kier alpha value is -1.26. The number of hydrogen-bond donors (Lipinski definition) is 1. The predicted molar refractivity (Wildman–Crippen MR) is 79.3 cm³/mol. The summed E-state index contributed by atoms with van der Waals surface area (Å²) in [6.45, 7) is 0.554. The highest BCUT2D eigenvalue weighted by Gasteiger charge is 2.12. The van der Waals surface area contributed by atoms with Gasteiger partial charge in [0.05, 0.1) is 10.7 Å². The van der Waals surface area contributed by atoms with Crippen molar-refractivity contribution in [1.29, 1.82) is 0 Å². The van der Waals surface area contributed by atoms with E-state index in [0.29, 0.717) is 11.6 Å². The van der Waals surface area contributed by atoms with Crippen molar-refractivity contribution in [2.75, 3.05) is 19.0 Å². The zero-order chi connectivity index (χ0) is 13.0. The van der Waals surface area contributed by atoms with Crippen molar-refractivity contribution >= 4 is 39.4 Å². The van der Waals surface area contributed by atoms with Gasteiger partial charge >= 0.3 is 0 Å². The number of ether oxygens (including phenoxy) is 1. The number of hydrogen-bond acceptors (Lipinski definition) is 3. The molecule has 94 valence electrons. The molecule has 5 heteroatoms. The number of aliphatic imine (C=N–C) groups is 1. The number of rotatable bonds is 3. The number of halogens is 2. The Balaban J connectivity index is 2.15. The van der Waals surface area contributed by atoms with Gasteiger partial charge in [-0.05, 0) is 40.2 Å². The van der Waals surface area contributed by atoms with Gasteiger partial charge in [-0.2, -0.15) is 0 Å². The fourth-order valence-corrected chi connectivity index (χ4v) is 1.94. The van der Waals surface area contributed by atoms with Crippen molar-refractivity contribution < 1.29 is 4.74 Å². The number of nitrogens with one attached hydrogen (secondary N) is 1. The van der Waals surface area contributed by atoms with E-state index in [1.54, 1.807) is 19.5 Å². The third-order valence-electron chi connectivity index (χ3n) is 2.41. The number of anilines is 1. The minimum atomic E-state index is 0.554. The molecule has 0 unspecified atom stereocenters. The highest BCUT2D eigenvalue weighted by molar-refractivity contribution is 9.10. The SMILES string of the molecule is CN=C/C=C1\COC=C1Nc1ccc(Br)c(Cl)c1. The second-order valence-corrected chi connectivity index (χ2v) is 4.96. The van der Waals surface area contributed by atoms with E-state index >= 15 is 0 Å². The quantitative estimate of drug-likeness (QED) is 0.851. The molecule has 0 saturated heterocycles. The van der Waals surface area contributed by atoms with Gasteiger partial charge in [0, 0.05) is 29.0 Å². The summed E-state index contributed by atoms with van der Waals surface area (Å²) in [6.07, 6.45) is 5.37. The van der Waals surface area contributed by atoms with Gasteiger partial charge in [-0.3, -0.25) is 4.99 Å². The Kier molecular flexibility index (Phi) is 4.44. The summed E-state index contributed by atoms with van der Waals surface area (Å²) in [5.74, 6) is 0. The number of benzene rings is 1. The maximum atomic E-state index is 6.05. The molecule has 3 nitrogen and oxygen atoms in total. The van der Waals surface area contributed by atoms with E-state index in [2.05, 4.69) is 26.2 Å². The zero-order valence-electron chi connectivity index (χ0n) is 9.78. The molecule has 1 aromatic carbocycles. The van der Waals surface area contributed by atoms with Crippen LogP contribution in [0.4, 0.5) is 5.69 Å². The molecule has 0 aliphatic carbocycles. The van der Waals surface area contributed by atoms with Crippen molar-refractivity contribution in [2.45, 2.75) is 0 Å². The lowest BCUT2D eigenvalue weighted by atomic mass is 10.2. The highest BCUT2D eigenvalue weighted by atomic mass is 79.9. The normalized spacial score (nSPS) is 17.1. The molecule has 1 N–H and O–H groups in total. The van der Waals surface area contributed by atoms with Crippen LogP contribution < -0.4 is 5.32 Å². The molecule has 0 amide bonds. The Morgan fingerprint density at radius 1 is 1.50 bits per heavy atom. The molecule has 2 rings (SSSR count). The minimum Gasteiger partial charge on any atom is -0.494 e. The first-order valence-electron chi connectivity index (χ1n) is 5.36. The second-order valence-electron chi connectivity index (χ2n) is 3.70. The van der Waals surface area contributed by atoms with Gasteiger partial charge in [-0.25, -0.2) is 0 Å². The van der Waals surface area contributed by atoms with Crippen molar-refractivity contribution in [2.24, 2.45) is 4.99 Å². The summed E-state index contributed by atoms with van der Waals surface area (Å²) in [6, 6.07) is 5.70. The van der Waals surface area contributed by atoms with Crippen LogP contribution in [0.15, 0.2) is 51.3 Å². The van der Waals surface area contributed by atoms with Crippen molar-refractivity contribution in [3.8, 4) is 0 Å². The Labute approximate surface area is 119 Å². The lowest BCUT2D eigenvalue weighted by Crippen LogP contribution is -2.01. The lowest BCUT2D eigenvalue weighted by molar-refractivity contribution is 0.301. The molecule has 1 aliphatic rings. The van der Waals surface area contributed by atoms with Crippen LogP contribution in [0.5, 0.6) is 0 Å². The first-order valence-corrected chi connectivity index (χ1v) is 6.53. The van der Waals surface area contributed by atoms with E-state index in [1.807, 2.05) is 24.3 Å².